The molecule has 1 heterocycles. The van der Waals surface area contributed by atoms with Gasteiger partial charge in [0.2, 0.25) is 0 Å². The third kappa shape index (κ3) is 6.55. The van der Waals surface area contributed by atoms with Gasteiger partial charge in [0, 0.05) is 12.1 Å². The van der Waals surface area contributed by atoms with E-state index in [1.165, 1.54) is 0 Å². The molecule has 140 valence electrons. The van der Waals surface area contributed by atoms with E-state index in [1.807, 2.05) is 39.0 Å². The van der Waals surface area contributed by atoms with Gasteiger partial charge in [0.25, 0.3) is 5.91 Å². The summed E-state index contributed by atoms with van der Waals surface area (Å²) in [5, 5.41) is 5.11. The maximum Gasteiger partial charge on any atom is 0.258 e. The number of hydrogen-bond acceptors (Lipinski definition) is 4. The Labute approximate surface area is 150 Å². The summed E-state index contributed by atoms with van der Waals surface area (Å²) < 4.78 is 16.9. The Kier molecular flexibility index (Phi) is 7.08. The van der Waals surface area contributed by atoms with Crippen LogP contribution < -0.4 is 20.1 Å². The number of ether oxygens (including phenoxy) is 3. The highest BCUT2D eigenvalue weighted by molar-refractivity contribution is 5.78. The zero-order valence-corrected chi connectivity index (χ0v) is 15.8. The Bertz CT molecular complexity index is 563. The highest BCUT2D eigenvalue weighted by Crippen LogP contribution is 2.30. The van der Waals surface area contributed by atoms with Crippen LogP contribution in [0.5, 0.6) is 11.5 Å². The van der Waals surface area contributed by atoms with Crippen molar-refractivity contribution >= 4 is 5.91 Å². The minimum absolute atomic E-state index is 0.0314. The molecule has 1 saturated heterocycles. The molecular formula is C19H31N2O4+. The lowest BCUT2D eigenvalue weighted by atomic mass is 10.1. The van der Waals surface area contributed by atoms with Crippen LogP contribution in [0.15, 0.2) is 18.2 Å². The van der Waals surface area contributed by atoms with Crippen molar-refractivity contribution in [2.24, 2.45) is 0 Å². The summed E-state index contributed by atoms with van der Waals surface area (Å²) in [5.74, 6) is 1.14. The second kappa shape index (κ2) is 9.06. The molecule has 0 aliphatic carbocycles. The van der Waals surface area contributed by atoms with E-state index in [-0.39, 0.29) is 18.1 Å². The van der Waals surface area contributed by atoms with Gasteiger partial charge in [0.15, 0.2) is 18.1 Å². The van der Waals surface area contributed by atoms with Gasteiger partial charge in [-0.15, -0.1) is 0 Å². The molecule has 1 aliphatic rings. The first-order chi connectivity index (χ1) is 11.9. The van der Waals surface area contributed by atoms with Gasteiger partial charge in [0.1, 0.15) is 19.2 Å². The minimum atomic E-state index is -0.279. The number of para-hydroxylation sites is 1. The van der Waals surface area contributed by atoms with Crippen molar-refractivity contribution in [1.29, 1.82) is 0 Å². The van der Waals surface area contributed by atoms with Crippen LogP contribution in [0.25, 0.3) is 0 Å². The molecule has 0 saturated carbocycles. The van der Waals surface area contributed by atoms with Crippen molar-refractivity contribution < 1.29 is 24.3 Å². The van der Waals surface area contributed by atoms with Crippen LogP contribution in [0, 0.1) is 0 Å². The summed E-state index contributed by atoms with van der Waals surface area (Å²) >= 11 is 0. The summed E-state index contributed by atoms with van der Waals surface area (Å²) in [6.07, 6.45) is 2.62. The molecule has 6 nitrogen and oxygen atoms in total. The summed E-state index contributed by atoms with van der Waals surface area (Å²) in [5.41, 5.74) is 0.736. The molecule has 25 heavy (non-hydrogen) atoms. The van der Waals surface area contributed by atoms with E-state index in [2.05, 4.69) is 10.6 Å². The average molecular weight is 351 g/mol. The van der Waals surface area contributed by atoms with Gasteiger partial charge in [-0.1, -0.05) is 6.07 Å². The normalized spacial score (nSPS) is 17.4. The number of rotatable bonds is 8. The van der Waals surface area contributed by atoms with Gasteiger partial charge in [0.05, 0.1) is 12.7 Å². The predicted molar refractivity (Wildman–Crippen MR) is 95.9 cm³/mol. The lowest BCUT2D eigenvalue weighted by Crippen LogP contribution is -2.84. The summed E-state index contributed by atoms with van der Waals surface area (Å²) in [6, 6.07) is 5.79. The van der Waals surface area contributed by atoms with Crippen LogP contribution in [-0.2, 0) is 16.1 Å². The van der Waals surface area contributed by atoms with Crippen LogP contribution >= 0.6 is 0 Å². The van der Waals surface area contributed by atoms with Crippen molar-refractivity contribution in [2.45, 2.75) is 51.8 Å². The molecule has 0 unspecified atom stereocenters. The van der Waals surface area contributed by atoms with E-state index < -0.39 is 0 Å². The second-order valence-electron chi connectivity index (χ2n) is 7.40. The lowest BCUT2D eigenvalue weighted by molar-refractivity contribution is -0.676. The van der Waals surface area contributed by atoms with Crippen molar-refractivity contribution in [3.63, 3.8) is 0 Å². The Balaban J connectivity index is 1.95. The molecule has 0 aromatic heterocycles. The number of methoxy groups -OCH3 is 1. The number of carbonyl (C=O) groups is 1. The molecule has 3 N–H and O–H groups in total. The fourth-order valence-electron chi connectivity index (χ4n) is 2.89. The fraction of sp³-hybridized carbons (Fsp3) is 0.632. The average Bonchev–Trinajstić information content (AvgIpc) is 3.05. The topological polar surface area (TPSA) is 73.4 Å². The number of amides is 1. The number of nitrogens with one attached hydrogen (secondary N) is 1. The lowest BCUT2D eigenvalue weighted by Gasteiger charge is -2.21. The van der Waals surface area contributed by atoms with Crippen molar-refractivity contribution in [3.05, 3.63) is 23.8 Å². The van der Waals surface area contributed by atoms with E-state index in [0.29, 0.717) is 17.6 Å². The Morgan fingerprint density at radius 3 is 2.84 bits per heavy atom. The second-order valence-corrected chi connectivity index (χ2v) is 7.40. The van der Waals surface area contributed by atoms with Gasteiger partial charge in [-0.2, -0.15) is 0 Å². The zero-order valence-electron chi connectivity index (χ0n) is 15.8. The van der Waals surface area contributed by atoms with Crippen molar-refractivity contribution in [3.8, 4) is 11.5 Å². The van der Waals surface area contributed by atoms with E-state index in [1.54, 1.807) is 7.11 Å². The Morgan fingerprint density at radius 2 is 2.20 bits per heavy atom. The molecule has 1 fully saturated rings. The first kappa shape index (κ1) is 19.5. The molecule has 1 aromatic carbocycles. The molecule has 1 aliphatic heterocycles. The molecule has 6 heteroatoms. The Hall–Kier alpha value is -1.79. The van der Waals surface area contributed by atoms with Crippen LogP contribution in [0.4, 0.5) is 0 Å². The number of hydrogen-bond donors (Lipinski definition) is 2. The maximum atomic E-state index is 12.0. The van der Waals surface area contributed by atoms with Gasteiger partial charge >= 0.3 is 0 Å². The quantitative estimate of drug-likeness (QED) is 0.739. The van der Waals surface area contributed by atoms with Gasteiger partial charge in [-0.3, -0.25) is 4.79 Å². The molecule has 0 radical (unpaired) electrons. The van der Waals surface area contributed by atoms with E-state index in [4.69, 9.17) is 14.2 Å². The number of nitrogens with two attached hydrogens (primary N) is 1. The smallest absolute Gasteiger partial charge is 0.258 e. The summed E-state index contributed by atoms with van der Waals surface area (Å²) in [6.45, 7) is 8.36. The van der Waals surface area contributed by atoms with E-state index in [0.717, 1.165) is 38.1 Å². The first-order valence-electron chi connectivity index (χ1n) is 8.92. The monoisotopic (exact) mass is 351 g/mol. The highest BCUT2D eigenvalue weighted by atomic mass is 16.5. The van der Waals surface area contributed by atoms with Gasteiger partial charge < -0.3 is 24.8 Å². The van der Waals surface area contributed by atoms with Crippen LogP contribution in [0.3, 0.4) is 0 Å². The molecular weight excluding hydrogens is 320 g/mol. The fourth-order valence-corrected chi connectivity index (χ4v) is 2.89. The van der Waals surface area contributed by atoms with Crippen molar-refractivity contribution in [2.75, 3.05) is 26.9 Å². The predicted octanol–water partition coefficient (Wildman–Crippen LogP) is 1.23. The van der Waals surface area contributed by atoms with E-state index >= 15 is 0 Å². The minimum Gasteiger partial charge on any atom is -0.493 e. The first-order valence-corrected chi connectivity index (χ1v) is 8.92. The van der Waals surface area contributed by atoms with Gasteiger partial charge in [-0.05, 0) is 45.7 Å². The summed E-state index contributed by atoms with van der Waals surface area (Å²) in [7, 11) is 1.61. The van der Waals surface area contributed by atoms with Crippen LogP contribution in [0.2, 0.25) is 0 Å². The highest BCUT2D eigenvalue weighted by Gasteiger charge is 2.19. The third-order valence-corrected chi connectivity index (χ3v) is 3.96. The standard InChI is InChI=1S/C19H30N2O4/c1-19(2,3)21-17(22)13-25-18-14(7-5-9-16(18)23-4)11-20-12-15-8-6-10-24-15/h5,7,9,15,20H,6,8,10-13H2,1-4H3,(H,21,22)/p+1/t15-/m0/s1. The zero-order chi connectivity index (χ0) is 18.3. The molecule has 0 spiro atoms. The molecule has 0 bridgehead atoms. The molecule has 1 atom stereocenters. The maximum absolute atomic E-state index is 12.0. The van der Waals surface area contributed by atoms with Crippen molar-refractivity contribution in [1.82, 2.24) is 5.32 Å². The molecule has 1 aromatic rings. The van der Waals surface area contributed by atoms with Crippen LogP contribution in [-0.4, -0.2) is 44.4 Å². The summed E-state index contributed by atoms with van der Waals surface area (Å²) in [4.78, 5) is 12.0. The third-order valence-electron chi connectivity index (χ3n) is 3.96. The number of carbonyl (C=O) groups excluding carboxylic acids is 1. The number of quaternary nitrogens is 1. The number of benzene rings is 1. The largest absolute Gasteiger partial charge is 0.493 e. The molecule has 1 amide bonds. The van der Waals surface area contributed by atoms with Gasteiger partial charge in [-0.25, -0.2) is 0 Å². The Morgan fingerprint density at radius 1 is 1.40 bits per heavy atom. The van der Waals surface area contributed by atoms with Crippen LogP contribution in [0.1, 0.15) is 39.2 Å². The van der Waals surface area contributed by atoms with E-state index in [9.17, 15) is 4.79 Å². The molecule has 2 rings (SSSR count). The SMILES string of the molecule is COc1cccc(C[NH2+]C[C@@H]2CCCO2)c1OCC(=O)NC(C)(C)C.